The number of ketones is 1. The molecule has 0 saturated carbocycles. The fourth-order valence-electron chi connectivity index (χ4n) is 0.801. The van der Waals surface area contributed by atoms with Gasteiger partial charge in [-0.15, -0.1) is 0 Å². The van der Waals surface area contributed by atoms with Crippen LogP contribution in [-0.4, -0.2) is 17.1 Å². The van der Waals surface area contributed by atoms with Crippen LogP contribution < -0.4 is 0 Å². The molecule has 0 unspecified atom stereocenters. The summed E-state index contributed by atoms with van der Waals surface area (Å²) in [6.07, 6.45) is 5.48. The average Bonchev–Trinajstić information content (AvgIpc) is 2.13. The minimum atomic E-state index is -0.217. The zero-order valence-electron chi connectivity index (χ0n) is 6.24. The van der Waals surface area contributed by atoms with Gasteiger partial charge in [0, 0.05) is 19.6 Å². The van der Waals surface area contributed by atoms with Gasteiger partial charge >= 0.3 is 0 Å². The zero-order chi connectivity index (χ0) is 8.27. The van der Waals surface area contributed by atoms with Crippen LogP contribution in [0.5, 0.6) is 0 Å². The van der Waals surface area contributed by atoms with Crippen LogP contribution in [0.3, 0.4) is 0 Å². The molecule has 0 fully saturated rings. The maximum atomic E-state index is 10.8. The lowest BCUT2D eigenvalue weighted by Crippen LogP contribution is -1.96. The van der Waals surface area contributed by atoms with E-state index in [-0.39, 0.29) is 17.2 Å². The first-order valence-electron chi connectivity index (χ1n) is 3.35. The number of carbonyl (C=O) groups is 1. The normalized spacial score (nSPS) is 16.8. The van der Waals surface area contributed by atoms with Crippen LogP contribution in [0.25, 0.3) is 0 Å². The van der Waals surface area contributed by atoms with Gasteiger partial charge in [-0.05, 0) is 6.08 Å². The van der Waals surface area contributed by atoms with E-state index < -0.39 is 0 Å². The molecule has 1 N–H and O–H groups in total. The molecule has 0 aliphatic carbocycles. The minimum absolute atomic E-state index is 0.0498. The number of hydrogen-bond donors (Lipinski definition) is 1. The van der Waals surface area contributed by atoms with Crippen molar-refractivity contribution in [3.63, 3.8) is 0 Å². The first-order chi connectivity index (χ1) is 5.22. The summed E-state index contributed by atoms with van der Waals surface area (Å²) in [6.45, 7) is 1.38. The maximum absolute atomic E-state index is 10.8. The number of hydrogen-bond acceptors (Lipinski definition) is 3. The lowest BCUT2D eigenvalue weighted by molar-refractivity contribution is -0.113. The van der Waals surface area contributed by atoms with Crippen molar-refractivity contribution in [1.82, 2.24) is 0 Å². The van der Waals surface area contributed by atoms with Crippen LogP contribution in [-0.2, 0) is 4.79 Å². The predicted molar refractivity (Wildman–Crippen MR) is 42.6 cm³/mol. The van der Waals surface area contributed by atoms with Crippen molar-refractivity contribution in [1.29, 1.82) is 0 Å². The summed E-state index contributed by atoms with van der Waals surface area (Å²) in [6, 6.07) is 0. The highest BCUT2D eigenvalue weighted by Crippen LogP contribution is 2.08. The van der Waals surface area contributed by atoms with Gasteiger partial charge in [0.15, 0.2) is 5.78 Å². The van der Waals surface area contributed by atoms with E-state index in [1.807, 2.05) is 0 Å². The third-order valence-corrected chi connectivity index (χ3v) is 1.31. The summed E-state index contributed by atoms with van der Waals surface area (Å²) in [5, 5.41) is 9.18. The maximum Gasteiger partial charge on any atom is 0.181 e. The number of aliphatic hydroxyl groups excluding tert-OH is 1. The molecule has 0 aromatic rings. The average molecular weight is 151 g/mol. The number of aliphatic imine (C=N–C) groups is 1. The first kappa shape index (κ1) is 7.72. The van der Waals surface area contributed by atoms with Crippen molar-refractivity contribution < 1.29 is 9.90 Å². The molecular weight excluding hydrogens is 142 g/mol. The Kier molecular flexibility index (Phi) is 2.21. The highest BCUT2D eigenvalue weighted by molar-refractivity contribution is 5.95. The molecule has 11 heavy (non-hydrogen) atoms. The standard InChI is InChI=1S/C8H9NO2/c1-6(10)8-7(11)4-2-3-5-9-8/h2,4-5,11H,3H2,1H3. The molecule has 0 bridgehead atoms. The van der Waals surface area contributed by atoms with Gasteiger partial charge in [0.25, 0.3) is 0 Å². The van der Waals surface area contributed by atoms with Crippen LogP contribution in [0.4, 0.5) is 0 Å². The van der Waals surface area contributed by atoms with Crippen molar-refractivity contribution in [2.45, 2.75) is 13.3 Å². The van der Waals surface area contributed by atoms with Crippen molar-refractivity contribution in [2.24, 2.45) is 4.99 Å². The molecule has 0 radical (unpaired) electrons. The topological polar surface area (TPSA) is 49.7 Å². The highest BCUT2D eigenvalue weighted by Gasteiger charge is 2.07. The van der Waals surface area contributed by atoms with Gasteiger partial charge in [0.1, 0.15) is 11.5 Å². The Morgan fingerprint density at radius 1 is 1.73 bits per heavy atom. The van der Waals surface area contributed by atoms with Gasteiger partial charge in [-0.2, -0.15) is 0 Å². The van der Waals surface area contributed by atoms with Crippen LogP contribution >= 0.6 is 0 Å². The predicted octanol–water partition coefficient (Wildman–Crippen LogP) is 1.38. The molecular formula is C8H9NO2. The number of carbonyl (C=O) groups excluding carboxylic acids is 1. The number of nitrogens with zero attached hydrogens (tertiary/aromatic N) is 1. The fraction of sp³-hybridized carbons (Fsp3) is 0.250. The van der Waals surface area contributed by atoms with Gasteiger partial charge in [0.05, 0.1) is 0 Å². The van der Waals surface area contributed by atoms with Crippen molar-refractivity contribution in [2.75, 3.05) is 0 Å². The van der Waals surface area contributed by atoms with E-state index in [0.717, 1.165) is 0 Å². The summed E-state index contributed by atoms with van der Waals surface area (Å²) in [7, 11) is 0. The number of aliphatic hydroxyl groups is 1. The molecule has 1 heterocycles. The smallest absolute Gasteiger partial charge is 0.181 e. The number of rotatable bonds is 1. The molecule has 0 aromatic carbocycles. The van der Waals surface area contributed by atoms with Crippen LogP contribution in [0.15, 0.2) is 28.6 Å². The molecule has 1 aliphatic heterocycles. The Morgan fingerprint density at radius 3 is 3.09 bits per heavy atom. The SMILES string of the molecule is CC(=O)C1=C(O)C=CCC=N1. The van der Waals surface area contributed by atoms with E-state index in [1.165, 1.54) is 13.0 Å². The Morgan fingerprint density at radius 2 is 2.45 bits per heavy atom. The quantitative estimate of drug-likeness (QED) is 0.615. The Hall–Kier alpha value is -1.38. The molecule has 0 spiro atoms. The third kappa shape index (κ3) is 1.77. The third-order valence-electron chi connectivity index (χ3n) is 1.31. The van der Waals surface area contributed by atoms with E-state index in [1.54, 1.807) is 12.3 Å². The zero-order valence-corrected chi connectivity index (χ0v) is 6.24. The van der Waals surface area contributed by atoms with Crippen LogP contribution in [0, 0.1) is 0 Å². The van der Waals surface area contributed by atoms with Crippen molar-refractivity contribution in [3.8, 4) is 0 Å². The summed E-state index contributed by atoms with van der Waals surface area (Å²) in [4.78, 5) is 14.6. The highest BCUT2D eigenvalue weighted by atomic mass is 16.3. The fourth-order valence-corrected chi connectivity index (χ4v) is 0.801. The molecule has 1 rings (SSSR count). The largest absolute Gasteiger partial charge is 0.506 e. The van der Waals surface area contributed by atoms with E-state index in [9.17, 15) is 9.90 Å². The van der Waals surface area contributed by atoms with E-state index in [0.29, 0.717) is 6.42 Å². The molecule has 3 nitrogen and oxygen atoms in total. The number of allylic oxidation sites excluding steroid dienone is 3. The molecule has 0 atom stereocenters. The lowest BCUT2D eigenvalue weighted by Gasteiger charge is -1.94. The summed E-state index contributed by atoms with van der Waals surface area (Å²) >= 11 is 0. The van der Waals surface area contributed by atoms with Crippen LogP contribution in [0.2, 0.25) is 0 Å². The van der Waals surface area contributed by atoms with E-state index in [4.69, 9.17) is 0 Å². The Bertz CT molecular complexity index is 261. The van der Waals surface area contributed by atoms with Gasteiger partial charge in [-0.25, -0.2) is 0 Å². The second-order valence-electron chi connectivity index (χ2n) is 2.24. The lowest BCUT2D eigenvalue weighted by atomic mass is 10.2. The molecule has 3 heteroatoms. The molecule has 0 saturated heterocycles. The van der Waals surface area contributed by atoms with E-state index in [2.05, 4.69) is 4.99 Å². The summed E-state index contributed by atoms with van der Waals surface area (Å²) < 4.78 is 0. The second-order valence-corrected chi connectivity index (χ2v) is 2.24. The minimum Gasteiger partial charge on any atom is -0.506 e. The molecule has 0 amide bonds. The molecule has 1 aliphatic rings. The van der Waals surface area contributed by atoms with Gasteiger partial charge in [-0.3, -0.25) is 9.79 Å². The van der Waals surface area contributed by atoms with Crippen molar-refractivity contribution >= 4 is 12.0 Å². The van der Waals surface area contributed by atoms with Gasteiger partial charge in [0.2, 0.25) is 0 Å². The first-order valence-corrected chi connectivity index (χ1v) is 3.35. The Balaban J connectivity index is 3.04. The van der Waals surface area contributed by atoms with Gasteiger partial charge in [-0.1, -0.05) is 6.08 Å². The summed E-state index contributed by atoms with van der Waals surface area (Å²) in [5.74, 6) is -0.267. The molecule has 0 aromatic heterocycles. The summed E-state index contributed by atoms with van der Waals surface area (Å²) in [5.41, 5.74) is 0.138. The van der Waals surface area contributed by atoms with Crippen molar-refractivity contribution in [3.05, 3.63) is 23.6 Å². The number of Topliss-reactive ketones (excluding diaryl/α,β-unsaturated/α-hetero) is 1. The Labute approximate surface area is 64.8 Å². The van der Waals surface area contributed by atoms with E-state index >= 15 is 0 Å². The molecule has 58 valence electrons. The van der Waals surface area contributed by atoms with Crippen LogP contribution in [0.1, 0.15) is 13.3 Å². The monoisotopic (exact) mass is 151 g/mol. The second kappa shape index (κ2) is 3.14. The van der Waals surface area contributed by atoms with Gasteiger partial charge < -0.3 is 5.11 Å².